The van der Waals surface area contributed by atoms with Gasteiger partial charge in [0.15, 0.2) is 9.84 Å². The molecule has 0 fully saturated rings. The highest BCUT2D eigenvalue weighted by atomic mass is 35.5. The fourth-order valence-corrected chi connectivity index (χ4v) is 3.99. The summed E-state index contributed by atoms with van der Waals surface area (Å²) in [5.74, 6) is 0. The zero-order chi connectivity index (χ0) is 16.3. The van der Waals surface area contributed by atoms with Crippen LogP contribution in [0.1, 0.15) is 0 Å². The summed E-state index contributed by atoms with van der Waals surface area (Å²) in [6.07, 6.45) is 0.960. The van der Waals surface area contributed by atoms with Crippen molar-refractivity contribution in [3.05, 3.63) is 23.2 Å². The van der Waals surface area contributed by atoms with Gasteiger partial charge in [-0.3, -0.25) is 0 Å². The van der Waals surface area contributed by atoms with E-state index in [0.29, 0.717) is 0 Å². The molecule has 0 heterocycles. The van der Waals surface area contributed by atoms with Gasteiger partial charge in [0, 0.05) is 13.4 Å². The minimum atomic E-state index is -4.09. The van der Waals surface area contributed by atoms with Crippen LogP contribution in [0.15, 0.2) is 28.0 Å². The van der Waals surface area contributed by atoms with Crippen molar-refractivity contribution in [1.29, 1.82) is 0 Å². The Morgan fingerprint density at radius 3 is 2.43 bits per heavy atom. The Labute approximate surface area is 128 Å². The Morgan fingerprint density at radius 2 is 1.95 bits per heavy atom. The second kappa shape index (κ2) is 7.03. The molecule has 1 atom stereocenters. The molecule has 1 unspecified atom stereocenters. The van der Waals surface area contributed by atoms with Gasteiger partial charge in [0.2, 0.25) is 10.0 Å². The van der Waals surface area contributed by atoms with E-state index in [0.717, 1.165) is 12.3 Å². The predicted octanol–water partition coefficient (Wildman–Crippen LogP) is 0.0291. The molecule has 0 saturated heterocycles. The highest BCUT2D eigenvalue weighted by Crippen LogP contribution is 2.24. The first-order valence-electron chi connectivity index (χ1n) is 5.73. The van der Waals surface area contributed by atoms with E-state index >= 15 is 0 Å². The molecule has 0 aromatic heterocycles. The van der Waals surface area contributed by atoms with Crippen molar-refractivity contribution < 1.29 is 26.7 Å². The average molecular weight is 358 g/mol. The van der Waals surface area contributed by atoms with Gasteiger partial charge in [0.1, 0.15) is 4.90 Å². The van der Waals surface area contributed by atoms with E-state index in [1.165, 1.54) is 19.2 Å². The van der Waals surface area contributed by atoms with Gasteiger partial charge in [-0.1, -0.05) is 11.6 Å². The summed E-state index contributed by atoms with van der Waals surface area (Å²) in [5.41, 5.74) is 0. The van der Waals surface area contributed by atoms with Crippen molar-refractivity contribution in [1.82, 2.24) is 4.72 Å². The van der Waals surface area contributed by atoms with Crippen molar-refractivity contribution in [3.63, 3.8) is 0 Å². The van der Waals surface area contributed by atoms with Gasteiger partial charge < -0.3 is 9.84 Å². The molecule has 1 rings (SSSR count). The van der Waals surface area contributed by atoms with Crippen LogP contribution in [0.5, 0.6) is 0 Å². The van der Waals surface area contributed by atoms with Crippen LogP contribution in [-0.4, -0.2) is 54.6 Å². The number of hydrogen-bond acceptors (Lipinski definition) is 6. The molecule has 10 heteroatoms. The van der Waals surface area contributed by atoms with E-state index in [9.17, 15) is 16.8 Å². The van der Waals surface area contributed by atoms with Gasteiger partial charge in [-0.15, -0.1) is 0 Å². The van der Waals surface area contributed by atoms with Crippen molar-refractivity contribution in [3.8, 4) is 0 Å². The molecule has 0 saturated carbocycles. The summed E-state index contributed by atoms with van der Waals surface area (Å²) in [7, 11) is -6.31. The molecule has 0 aliphatic carbocycles. The maximum absolute atomic E-state index is 12.2. The number of rotatable bonds is 7. The van der Waals surface area contributed by atoms with Crippen LogP contribution in [0.3, 0.4) is 0 Å². The quantitative estimate of drug-likeness (QED) is 0.712. The van der Waals surface area contributed by atoms with Crippen molar-refractivity contribution >= 4 is 31.5 Å². The third-order valence-electron chi connectivity index (χ3n) is 2.53. The van der Waals surface area contributed by atoms with Crippen LogP contribution in [-0.2, 0) is 24.6 Å². The minimum Gasteiger partial charge on any atom is -0.395 e. The van der Waals surface area contributed by atoms with Crippen LogP contribution in [0.4, 0.5) is 0 Å². The number of aliphatic hydroxyl groups excluding tert-OH is 1. The van der Waals surface area contributed by atoms with E-state index in [4.69, 9.17) is 21.4 Å². The Kier molecular flexibility index (Phi) is 6.14. The van der Waals surface area contributed by atoms with Crippen LogP contribution in [0, 0.1) is 0 Å². The molecule has 0 radical (unpaired) electrons. The molecule has 7 nitrogen and oxygen atoms in total. The van der Waals surface area contributed by atoms with Crippen LogP contribution >= 0.6 is 11.6 Å². The molecule has 0 amide bonds. The van der Waals surface area contributed by atoms with Gasteiger partial charge in [0.25, 0.3) is 0 Å². The lowest BCUT2D eigenvalue weighted by Gasteiger charge is -2.16. The summed E-state index contributed by atoms with van der Waals surface area (Å²) in [5, 5.41) is 8.96. The van der Waals surface area contributed by atoms with Crippen molar-refractivity contribution in [2.45, 2.75) is 15.8 Å². The number of ether oxygens (including phenoxy) is 1. The van der Waals surface area contributed by atoms with Gasteiger partial charge in [-0.2, -0.15) is 0 Å². The molecule has 1 aromatic rings. The standard InChI is InChI=1S/C11H16ClNO6S2/c1-19-7-8(6-14)13-21(17,18)11-5-9(20(2,15)16)3-4-10(11)12/h3-5,8,13-14H,6-7H2,1-2H3. The minimum absolute atomic E-state index is 0.0425. The van der Waals surface area contributed by atoms with E-state index in [2.05, 4.69) is 4.72 Å². The Bertz CT molecular complexity index is 701. The average Bonchev–Trinajstić information content (AvgIpc) is 2.36. The lowest BCUT2D eigenvalue weighted by molar-refractivity contribution is 0.139. The van der Waals surface area contributed by atoms with Gasteiger partial charge in [-0.25, -0.2) is 21.6 Å². The highest BCUT2D eigenvalue weighted by molar-refractivity contribution is 7.91. The fourth-order valence-electron chi connectivity index (χ4n) is 1.53. The van der Waals surface area contributed by atoms with Crippen LogP contribution < -0.4 is 4.72 Å². The normalized spacial score (nSPS) is 14.1. The summed E-state index contributed by atoms with van der Waals surface area (Å²) in [4.78, 5) is -0.541. The summed E-state index contributed by atoms with van der Waals surface area (Å²) in [6.45, 7) is -0.518. The molecule has 2 N–H and O–H groups in total. The van der Waals surface area contributed by atoms with Crippen molar-refractivity contribution in [2.24, 2.45) is 0 Å². The number of hydrogen-bond donors (Lipinski definition) is 2. The van der Waals surface area contributed by atoms with Crippen LogP contribution in [0.25, 0.3) is 0 Å². The van der Waals surface area contributed by atoms with Crippen LogP contribution in [0.2, 0.25) is 5.02 Å². The summed E-state index contributed by atoms with van der Waals surface area (Å²) < 4.78 is 54.4. The number of sulfone groups is 1. The number of benzene rings is 1. The van der Waals surface area contributed by atoms with Gasteiger partial charge in [0.05, 0.1) is 29.2 Å². The van der Waals surface area contributed by atoms with E-state index < -0.39 is 32.5 Å². The van der Waals surface area contributed by atoms with Gasteiger partial charge in [-0.05, 0) is 18.2 Å². The lowest BCUT2D eigenvalue weighted by Crippen LogP contribution is -2.40. The predicted molar refractivity (Wildman–Crippen MR) is 77.6 cm³/mol. The monoisotopic (exact) mass is 357 g/mol. The molecule has 21 heavy (non-hydrogen) atoms. The second-order valence-corrected chi connectivity index (χ2v) is 8.43. The smallest absolute Gasteiger partial charge is 0.242 e. The van der Waals surface area contributed by atoms with E-state index in [-0.39, 0.29) is 21.4 Å². The molecular weight excluding hydrogens is 342 g/mol. The number of nitrogens with one attached hydrogen (secondary N) is 1. The molecule has 0 bridgehead atoms. The molecule has 120 valence electrons. The molecular formula is C11H16ClNO6S2. The number of sulfonamides is 1. The zero-order valence-electron chi connectivity index (χ0n) is 11.4. The fraction of sp³-hybridized carbons (Fsp3) is 0.455. The third-order valence-corrected chi connectivity index (χ3v) is 5.64. The lowest BCUT2D eigenvalue weighted by atomic mass is 10.4. The van der Waals surface area contributed by atoms with E-state index in [1.54, 1.807) is 0 Å². The summed E-state index contributed by atoms with van der Waals surface area (Å²) in [6, 6.07) is 2.52. The highest BCUT2D eigenvalue weighted by Gasteiger charge is 2.24. The maximum Gasteiger partial charge on any atom is 0.242 e. The molecule has 0 spiro atoms. The van der Waals surface area contributed by atoms with Gasteiger partial charge >= 0.3 is 0 Å². The second-order valence-electron chi connectivity index (χ2n) is 4.32. The van der Waals surface area contributed by atoms with Crippen molar-refractivity contribution in [2.75, 3.05) is 26.6 Å². The molecule has 0 aliphatic rings. The first-order valence-corrected chi connectivity index (χ1v) is 9.49. The number of aliphatic hydroxyl groups is 1. The zero-order valence-corrected chi connectivity index (χ0v) is 13.8. The number of methoxy groups -OCH3 is 1. The Morgan fingerprint density at radius 1 is 1.33 bits per heavy atom. The van der Waals surface area contributed by atoms with E-state index in [1.807, 2.05) is 0 Å². The molecule has 0 aliphatic heterocycles. The topological polar surface area (TPSA) is 110 Å². The molecule has 1 aromatic carbocycles. The number of halogens is 1. The maximum atomic E-state index is 12.2. The SMILES string of the molecule is COCC(CO)NS(=O)(=O)c1cc(S(C)(=O)=O)ccc1Cl. The largest absolute Gasteiger partial charge is 0.395 e. The Hall–Kier alpha value is -0.710. The summed E-state index contributed by atoms with van der Waals surface area (Å²) >= 11 is 5.83. The third kappa shape index (κ3) is 4.90. The first-order chi connectivity index (χ1) is 9.61. The Balaban J connectivity index is 3.25. The first kappa shape index (κ1) is 18.3.